The standard InChI is InChI=1S/C6H6O2S.C5H10N2O3/c7-9(8)6-4-2-1-3-5-6;6-3(5(9)10)1-2-4(7)8/h1-5,9H;3H,1-2,6H2,(H2,7,8)(H,9,10). The summed E-state index contributed by atoms with van der Waals surface area (Å²) in [5.74, 6) is -1.64. The molecule has 1 atom stereocenters. The Hall–Kier alpha value is -1.93. The number of carboxylic acid groups (broad SMARTS) is 1. The zero-order valence-electron chi connectivity index (χ0n) is 10.1. The Morgan fingerprint density at radius 2 is 1.74 bits per heavy atom. The molecule has 0 aliphatic heterocycles. The SMILES string of the molecule is NC(=O)CCC(N)C(=O)O.O=[SH](=O)c1ccccc1. The number of hydrogen-bond acceptors (Lipinski definition) is 5. The van der Waals surface area contributed by atoms with Crippen molar-refractivity contribution < 1.29 is 23.1 Å². The van der Waals surface area contributed by atoms with Crippen molar-refractivity contribution in [3.8, 4) is 0 Å². The third-order valence-corrected chi connectivity index (χ3v) is 2.71. The van der Waals surface area contributed by atoms with E-state index in [1.807, 2.05) is 0 Å². The molecule has 5 N–H and O–H groups in total. The van der Waals surface area contributed by atoms with Crippen molar-refractivity contribution in [2.24, 2.45) is 11.5 Å². The van der Waals surface area contributed by atoms with E-state index in [0.29, 0.717) is 4.90 Å². The molecule has 1 aromatic rings. The summed E-state index contributed by atoms with van der Waals surface area (Å²) in [6, 6.07) is 7.31. The average molecular weight is 288 g/mol. The summed E-state index contributed by atoms with van der Waals surface area (Å²) in [7, 11) is -2.40. The Bertz CT molecular complexity index is 479. The summed E-state index contributed by atoms with van der Waals surface area (Å²) in [6.07, 6.45) is 0.123. The lowest BCUT2D eigenvalue weighted by molar-refractivity contribution is -0.138. The van der Waals surface area contributed by atoms with Crippen molar-refractivity contribution in [3.63, 3.8) is 0 Å². The highest BCUT2D eigenvalue weighted by molar-refractivity contribution is 7.72. The Balaban J connectivity index is 0.000000342. The van der Waals surface area contributed by atoms with Gasteiger partial charge in [0.1, 0.15) is 6.04 Å². The first-order chi connectivity index (χ1) is 8.84. The number of thiol groups is 1. The first kappa shape index (κ1) is 17.1. The van der Waals surface area contributed by atoms with E-state index >= 15 is 0 Å². The molecule has 19 heavy (non-hydrogen) atoms. The molecule has 1 unspecified atom stereocenters. The molecule has 0 bridgehead atoms. The van der Waals surface area contributed by atoms with Gasteiger partial charge in [0.05, 0.1) is 4.90 Å². The normalized spacial score (nSPS) is 11.3. The van der Waals surface area contributed by atoms with Gasteiger partial charge in [-0.1, -0.05) is 18.2 Å². The van der Waals surface area contributed by atoms with Crippen LogP contribution in [0.2, 0.25) is 0 Å². The number of aliphatic carboxylic acids is 1. The maximum atomic E-state index is 10.2. The fourth-order valence-corrected chi connectivity index (χ4v) is 1.39. The maximum Gasteiger partial charge on any atom is 0.320 e. The van der Waals surface area contributed by atoms with Crippen LogP contribution in [0.3, 0.4) is 0 Å². The number of carboxylic acids is 1. The van der Waals surface area contributed by atoms with E-state index in [1.165, 1.54) is 0 Å². The number of amides is 1. The van der Waals surface area contributed by atoms with Crippen LogP contribution >= 0.6 is 0 Å². The highest BCUT2D eigenvalue weighted by Gasteiger charge is 2.11. The Labute approximate surface area is 112 Å². The molecule has 0 spiro atoms. The van der Waals surface area contributed by atoms with E-state index in [0.717, 1.165) is 0 Å². The van der Waals surface area contributed by atoms with E-state index in [1.54, 1.807) is 30.3 Å². The molecule has 0 radical (unpaired) electrons. The molecule has 0 saturated carbocycles. The molecular formula is C11H16N2O5S. The maximum absolute atomic E-state index is 10.2. The van der Waals surface area contributed by atoms with Crippen LogP contribution in [-0.2, 0) is 20.3 Å². The second-order valence-electron chi connectivity index (χ2n) is 3.54. The smallest absolute Gasteiger partial charge is 0.320 e. The van der Waals surface area contributed by atoms with Crippen molar-refractivity contribution in [3.05, 3.63) is 30.3 Å². The zero-order chi connectivity index (χ0) is 14.8. The summed E-state index contributed by atoms with van der Waals surface area (Å²) in [5, 5.41) is 8.22. The van der Waals surface area contributed by atoms with Gasteiger partial charge in [0.2, 0.25) is 5.91 Å². The third kappa shape index (κ3) is 8.75. The van der Waals surface area contributed by atoms with Gasteiger partial charge in [0.25, 0.3) is 0 Å². The monoisotopic (exact) mass is 288 g/mol. The molecular weight excluding hydrogens is 272 g/mol. The zero-order valence-corrected chi connectivity index (χ0v) is 11.0. The van der Waals surface area contributed by atoms with Crippen LogP contribution in [-0.4, -0.2) is 31.4 Å². The van der Waals surface area contributed by atoms with Crippen molar-refractivity contribution in [1.29, 1.82) is 0 Å². The first-order valence-corrected chi connectivity index (χ1v) is 6.48. The van der Waals surface area contributed by atoms with Crippen LogP contribution in [0.15, 0.2) is 35.2 Å². The van der Waals surface area contributed by atoms with Crippen molar-refractivity contribution in [2.45, 2.75) is 23.8 Å². The predicted octanol–water partition coefficient (Wildman–Crippen LogP) is -0.679. The Kier molecular flexibility index (Phi) is 8.14. The molecule has 106 valence electrons. The van der Waals surface area contributed by atoms with Crippen LogP contribution in [0, 0.1) is 0 Å². The van der Waals surface area contributed by atoms with Crippen LogP contribution in [0.1, 0.15) is 12.8 Å². The van der Waals surface area contributed by atoms with Crippen LogP contribution in [0.4, 0.5) is 0 Å². The summed E-state index contributed by atoms with van der Waals surface area (Å²) in [5.41, 5.74) is 9.81. The lowest BCUT2D eigenvalue weighted by Gasteiger charge is -2.01. The van der Waals surface area contributed by atoms with Gasteiger partial charge in [-0.2, -0.15) is 0 Å². The number of primary amides is 1. The Morgan fingerprint density at radius 1 is 1.21 bits per heavy atom. The van der Waals surface area contributed by atoms with Gasteiger partial charge in [0, 0.05) is 6.42 Å². The number of carbonyl (C=O) groups excluding carboxylic acids is 1. The van der Waals surface area contributed by atoms with Gasteiger partial charge < -0.3 is 16.6 Å². The molecule has 1 aromatic carbocycles. The highest BCUT2D eigenvalue weighted by Crippen LogP contribution is 1.97. The summed E-state index contributed by atoms with van der Waals surface area (Å²) < 4.78 is 20.5. The van der Waals surface area contributed by atoms with E-state index in [4.69, 9.17) is 16.6 Å². The number of rotatable bonds is 5. The number of nitrogens with two attached hydrogens (primary N) is 2. The lowest BCUT2D eigenvalue weighted by atomic mass is 10.2. The van der Waals surface area contributed by atoms with Gasteiger partial charge in [-0.05, 0) is 18.6 Å². The molecule has 8 heteroatoms. The fourth-order valence-electron chi connectivity index (χ4n) is 0.971. The average Bonchev–Trinajstić information content (AvgIpc) is 2.37. The van der Waals surface area contributed by atoms with Crippen LogP contribution < -0.4 is 11.5 Å². The van der Waals surface area contributed by atoms with Crippen molar-refractivity contribution in [1.82, 2.24) is 0 Å². The number of carbonyl (C=O) groups is 2. The van der Waals surface area contributed by atoms with E-state index in [-0.39, 0.29) is 12.8 Å². The molecule has 0 heterocycles. The predicted molar refractivity (Wildman–Crippen MR) is 69.1 cm³/mol. The van der Waals surface area contributed by atoms with Gasteiger partial charge >= 0.3 is 5.97 Å². The van der Waals surface area contributed by atoms with Gasteiger partial charge in [0.15, 0.2) is 10.7 Å². The lowest BCUT2D eigenvalue weighted by Crippen LogP contribution is -2.31. The molecule has 0 aliphatic carbocycles. The fraction of sp³-hybridized carbons (Fsp3) is 0.273. The molecule has 0 fully saturated rings. The number of benzene rings is 1. The van der Waals surface area contributed by atoms with Gasteiger partial charge in [-0.15, -0.1) is 0 Å². The Morgan fingerprint density at radius 3 is 2.05 bits per heavy atom. The largest absolute Gasteiger partial charge is 0.480 e. The van der Waals surface area contributed by atoms with Gasteiger partial charge in [-0.25, -0.2) is 8.42 Å². The van der Waals surface area contributed by atoms with Gasteiger partial charge in [-0.3, -0.25) is 9.59 Å². The topological polar surface area (TPSA) is 141 Å². The van der Waals surface area contributed by atoms with E-state index in [9.17, 15) is 18.0 Å². The molecule has 1 rings (SSSR count). The van der Waals surface area contributed by atoms with E-state index < -0.39 is 28.6 Å². The minimum atomic E-state index is -2.40. The first-order valence-electron chi connectivity index (χ1n) is 5.30. The van der Waals surface area contributed by atoms with E-state index in [2.05, 4.69) is 0 Å². The highest BCUT2D eigenvalue weighted by atomic mass is 32.2. The molecule has 0 saturated heterocycles. The minimum Gasteiger partial charge on any atom is -0.480 e. The summed E-state index contributed by atoms with van der Waals surface area (Å²) >= 11 is 0. The molecule has 7 nitrogen and oxygen atoms in total. The quantitative estimate of drug-likeness (QED) is 0.529. The second kappa shape index (κ2) is 9.06. The number of hydrogen-bond donors (Lipinski definition) is 4. The second-order valence-corrected chi connectivity index (χ2v) is 4.57. The third-order valence-electron chi connectivity index (χ3n) is 1.99. The van der Waals surface area contributed by atoms with Crippen molar-refractivity contribution in [2.75, 3.05) is 0 Å². The molecule has 0 aliphatic rings. The summed E-state index contributed by atoms with van der Waals surface area (Å²) in [6.45, 7) is 0. The molecule has 0 aromatic heterocycles. The van der Waals surface area contributed by atoms with Crippen molar-refractivity contribution >= 4 is 22.6 Å². The summed E-state index contributed by atoms with van der Waals surface area (Å²) in [4.78, 5) is 20.5. The molecule has 1 amide bonds. The minimum absolute atomic E-state index is 0.0213. The van der Waals surface area contributed by atoms with Crippen LogP contribution in [0.5, 0.6) is 0 Å². The van der Waals surface area contributed by atoms with Crippen LogP contribution in [0.25, 0.3) is 0 Å².